The van der Waals surface area contributed by atoms with E-state index in [1.807, 2.05) is 32.8 Å². The van der Waals surface area contributed by atoms with Crippen LogP contribution in [0.3, 0.4) is 0 Å². The molecule has 50 heavy (non-hydrogen) atoms. The number of phenolic OH excluding ortho intramolecular Hbond substituents is 1. The molecule has 0 aliphatic carbocycles. The fraction of sp³-hybridized carbons (Fsp3) is 0.361. The molecule has 1 aromatic carbocycles. The van der Waals surface area contributed by atoms with E-state index in [9.17, 15) is 19.1 Å². The normalized spacial score (nSPS) is 14.9. The second-order valence-corrected chi connectivity index (χ2v) is 13.0. The van der Waals surface area contributed by atoms with Gasteiger partial charge in [-0.3, -0.25) is 23.9 Å². The number of pyridine rings is 3. The van der Waals surface area contributed by atoms with E-state index in [4.69, 9.17) is 0 Å². The number of hydrogen-bond donors (Lipinski definition) is 2. The van der Waals surface area contributed by atoms with Gasteiger partial charge in [-0.1, -0.05) is 26.5 Å². The molecule has 1 aliphatic rings. The van der Waals surface area contributed by atoms with Crippen molar-refractivity contribution in [2.24, 2.45) is 0 Å². The Hall–Kier alpha value is -5.24. The van der Waals surface area contributed by atoms with E-state index in [0.29, 0.717) is 23.5 Å². The minimum atomic E-state index is -1.12. The third-order valence-corrected chi connectivity index (χ3v) is 8.74. The molecule has 2 N–H and O–H groups in total. The zero-order chi connectivity index (χ0) is 36.6. The van der Waals surface area contributed by atoms with Gasteiger partial charge in [0.05, 0.1) is 22.6 Å². The quantitative estimate of drug-likeness (QED) is 0.243. The fourth-order valence-corrected chi connectivity index (χ4v) is 6.31. The number of phenols is 1. The van der Waals surface area contributed by atoms with Gasteiger partial charge in [0, 0.05) is 50.3 Å². The summed E-state index contributed by atoms with van der Waals surface area (Å²) in [5.74, 6) is -5.47. The minimum Gasteiger partial charge on any atom is -0.507 e. The van der Waals surface area contributed by atoms with E-state index in [1.165, 1.54) is 21.6 Å². The topological polar surface area (TPSA) is 124 Å². The number of aromatic nitrogens is 3. The van der Waals surface area contributed by atoms with Crippen LogP contribution in [0.25, 0.3) is 28.0 Å². The molecule has 4 aromatic rings. The molecule has 0 bridgehead atoms. The van der Waals surface area contributed by atoms with Gasteiger partial charge in [-0.15, -0.1) is 0 Å². The number of nitrogens with one attached hydrogen (secondary N) is 1. The molecule has 0 saturated carbocycles. The highest BCUT2D eigenvalue weighted by atomic mass is 19.1. The number of halogens is 3. The summed E-state index contributed by atoms with van der Waals surface area (Å²) < 4.78 is 46.6. The molecule has 2 amide bonds. The molecule has 1 atom stereocenters. The van der Waals surface area contributed by atoms with Gasteiger partial charge in [0.1, 0.15) is 22.8 Å². The van der Waals surface area contributed by atoms with Crippen molar-refractivity contribution in [1.29, 1.82) is 0 Å². The van der Waals surface area contributed by atoms with Crippen LogP contribution in [0, 0.1) is 18.6 Å². The van der Waals surface area contributed by atoms with Gasteiger partial charge in [0.2, 0.25) is 0 Å². The highest BCUT2D eigenvalue weighted by molar-refractivity contribution is 6.08. The molecule has 1 saturated heterocycles. The van der Waals surface area contributed by atoms with Crippen LogP contribution >= 0.6 is 0 Å². The van der Waals surface area contributed by atoms with Gasteiger partial charge in [-0.05, 0) is 63.7 Å². The summed E-state index contributed by atoms with van der Waals surface area (Å²) in [6.45, 7) is 11.0. The Morgan fingerprint density at radius 3 is 2.48 bits per heavy atom. The first kappa shape index (κ1) is 36.1. The maximum atomic E-state index is 16.3. The summed E-state index contributed by atoms with van der Waals surface area (Å²) in [7, 11) is 3.65. The molecule has 264 valence electrons. The number of piperazine rings is 1. The van der Waals surface area contributed by atoms with Gasteiger partial charge >= 0.3 is 0 Å². The number of benzene rings is 1. The van der Waals surface area contributed by atoms with Crippen LogP contribution in [-0.2, 0) is 4.79 Å². The Balaban J connectivity index is 1.92. The summed E-state index contributed by atoms with van der Waals surface area (Å²) in [5.41, 5.74) is -0.804. The molecule has 11 nitrogen and oxygen atoms in total. The van der Waals surface area contributed by atoms with Crippen molar-refractivity contribution in [3.05, 3.63) is 87.7 Å². The van der Waals surface area contributed by atoms with Crippen molar-refractivity contribution in [3.8, 4) is 22.7 Å². The standard InChI is InChI=1S/C36H40F3N7O4/c1-19(2)29-31(20(3)11-12-40-29)46-33-23(17-25(39)30(42-33)27-24(38)9-8-10-26(27)47)32(28(36(46)50)34(48)41-13-14-43(6)7)45-16-15-44(18-21(45)4)35(49)22(5)37/h8-12,17,19,21,47H,5,13-16,18H2,1-4,6-7H3,(H,41,48)/t21-/m0/s1. The zero-order valence-corrected chi connectivity index (χ0v) is 28.9. The molecule has 0 unspecified atom stereocenters. The Morgan fingerprint density at radius 2 is 1.86 bits per heavy atom. The van der Waals surface area contributed by atoms with Gasteiger partial charge in [-0.2, -0.15) is 0 Å². The molecule has 0 spiro atoms. The number of aromatic hydroxyl groups is 1. The SMILES string of the molecule is C=C(F)C(=O)N1CCN(c2c(C(=O)NCCN(C)C)c(=O)n(-c3c(C)ccnc3C(C)C)c3nc(-c4c(O)cccc4F)c(F)cc23)[C@@H](C)C1. The first-order valence-corrected chi connectivity index (χ1v) is 16.2. The number of carbonyl (C=O) groups is 2. The zero-order valence-electron chi connectivity index (χ0n) is 28.9. The average molecular weight is 692 g/mol. The van der Waals surface area contributed by atoms with Crippen LogP contribution in [0.1, 0.15) is 48.3 Å². The second kappa shape index (κ2) is 14.3. The molecular formula is C36H40F3N7O4. The number of aryl methyl sites for hydroxylation is 1. The Morgan fingerprint density at radius 1 is 1.14 bits per heavy atom. The third kappa shape index (κ3) is 6.67. The first-order chi connectivity index (χ1) is 23.6. The maximum absolute atomic E-state index is 16.3. The maximum Gasteiger partial charge on any atom is 0.282 e. The van der Waals surface area contributed by atoms with E-state index < -0.39 is 57.9 Å². The number of likely N-dealkylation sites (N-methyl/N-ethyl adjacent to an activating group) is 1. The van der Waals surface area contributed by atoms with Crippen LogP contribution in [0.15, 0.2) is 53.7 Å². The lowest BCUT2D eigenvalue weighted by Crippen LogP contribution is -2.55. The van der Waals surface area contributed by atoms with Crippen molar-refractivity contribution >= 4 is 28.5 Å². The number of rotatable bonds is 9. The third-order valence-electron chi connectivity index (χ3n) is 8.74. The number of fused-ring (bicyclic) bond motifs is 1. The van der Waals surface area contributed by atoms with Crippen molar-refractivity contribution in [1.82, 2.24) is 29.7 Å². The predicted octanol–water partition coefficient (Wildman–Crippen LogP) is 4.68. The fourth-order valence-electron chi connectivity index (χ4n) is 6.31. The van der Waals surface area contributed by atoms with E-state index in [-0.39, 0.29) is 54.4 Å². The van der Waals surface area contributed by atoms with Crippen molar-refractivity contribution in [2.45, 2.75) is 39.7 Å². The highest BCUT2D eigenvalue weighted by Gasteiger charge is 2.35. The molecule has 3 aromatic heterocycles. The minimum absolute atomic E-state index is 0.00431. The van der Waals surface area contributed by atoms with Crippen molar-refractivity contribution < 1.29 is 27.9 Å². The van der Waals surface area contributed by atoms with Crippen molar-refractivity contribution in [3.63, 3.8) is 0 Å². The molecular weight excluding hydrogens is 651 g/mol. The van der Waals surface area contributed by atoms with Gasteiger partial charge < -0.3 is 25.1 Å². The van der Waals surface area contributed by atoms with Crippen LogP contribution in [0.2, 0.25) is 0 Å². The summed E-state index contributed by atoms with van der Waals surface area (Å²) in [4.78, 5) is 55.6. The van der Waals surface area contributed by atoms with Crippen molar-refractivity contribution in [2.75, 3.05) is 51.7 Å². The largest absolute Gasteiger partial charge is 0.507 e. The highest BCUT2D eigenvalue weighted by Crippen LogP contribution is 2.39. The molecule has 4 heterocycles. The van der Waals surface area contributed by atoms with E-state index in [0.717, 1.165) is 12.1 Å². The number of carbonyl (C=O) groups excluding carboxylic acids is 2. The van der Waals surface area contributed by atoms with Gasteiger partial charge in [0.15, 0.2) is 17.3 Å². The second-order valence-electron chi connectivity index (χ2n) is 13.0. The summed E-state index contributed by atoms with van der Waals surface area (Å²) in [5, 5.41) is 13.5. The lowest BCUT2D eigenvalue weighted by atomic mass is 10.0. The van der Waals surface area contributed by atoms with Gasteiger partial charge in [-0.25, -0.2) is 18.2 Å². The lowest BCUT2D eigenvalue weighted by molar-refractivity contribution is -0.129. The Bertz CT molecular complexity index is 2040. The first-order valence-electron chi connectivity index (χ1n) is 16.2. The molecule has 0 radical (unpaired) electrons. The summed E-state index contributed by atoms with van der Waals surface area (Å²) >= 11 is 0. The number of amides is 2. The number of anilines is 1. The predicted molar refractivity (Wildman–Crippen MR) is 186 cm³/mol. The smallest absolute Gasteiger partial charge is 0.282 e. The average Bonchev–Trinajstić information content (AvgIpc) is 3.04. The monoisotopic (exact) mass is 691 g/mol. The number of hydrogen-bond acceptors (Lipinski definition) is 8. The Labute approximate surface area is 287 Å². The van der Waals surface area contributed by atoms with E-state index in [2.05, 4.69) is 21.9 Å². The molecule has 1 fully saturated rings. The number of nitrogens with zero attached hydrogens (tertiary/aromatic N) is 6. The van der Waals surface area contributed by atoms with E-state index >= 15 is 13.6 Å². The van der Waals surface area contributed by atoms with Gasteiger partial charge in [0.25, 0.3) is 17.4 Å². The van der Waals surface area contributed by atoms with Crippen LogP contribution in [-0.4, -0.2) is 94.1 Å². The molecule has 14 heteroatoms. The summed E-state index contributed by atoms with van der Waals surface area (Å²) in [6.07, 6.45) is 1.59. The molecule has 1 aliphatic heterocycles. The van der Waals surface area contributed by atoms with Crippen LogP contribution < -0.4 is 15.8 Å². The Kier molecular flexibility index (Phi) is 10.3. The van der Waals surface area contributed by atoms with Crippen LogP contribution in [0.4, 0.5) is 18.9 Å². The van der Waals surface area contributed by atoms with E-state index in [1.54, 1.807) is 31.0 Å². The molecule has 5 rings (SSSR count). The summed E-state index contributed by atoms with van der Waals surface area (Å²) in [6, 6.07) is 5.68. The van der Waals surface area contributed by atoms with Crippen LogP contribution in [0.5, 0.6) is 5.75 Å². The lowest BCUT2D eigenvalue weighted by Gasteiger charge is -2.42.